The fraction of sp³-hybridized carbons (Fsp3) is 0.0833. The minimum absolute atomic E-state index is 0.140. The molecule has 0 fully saturated rings. The number of hydrogen-bond acceptors (Lipinski definition) is 5. The molecular weight excluding hydrogens is 266 g/mol. The normalized spacial score (nSPS) is 12.8. The van der Waals surface area contributed by atoms with Crippen LogP contribution in [0.5, 0.6) is 0 Å². The molecule has 1 aromatic carbocycles. The van der Waals surface area contributed by atoms with Crippen LogP contribution >= 0.6 is 11.8 Å². The van der Waals surface area contributed by atoms with Crippen molar-refractivity contribution in [3.8, 4) is 0 Å². The minimum atomic E-state index is -1.13. The molecule has 0 saturated heterocycles. The Morgan fingerprint density at radius 3 is 2.84 bits per heavy atom. The fourth-order valence-electron chi connectivity index (χ4n) is 1.88. The van der Waals surface area contributed by atoms with E-state index in [0.717, 1.165) is 9.80 Å². The maximum Gasteiger partial charge on any atom is 0.417 e. The number of anilines is 2. The number of rotatable bonds is 1. The van der Waals surface area contributed by atoms with Gasteiger partial charge in [0.2, 0.25) is 0 Å². The molecule has 3 rings (SSSR count). The molecule has 1 amide bonds. The summed E-state index contributed by atoms with van der Waals surface area (Å²) in [4.78, 5) is 21.5. The molecule has 19 heavy (non-hydrogen) atoms. The molecule has 0 spiro atoms. The van der Waals surface area contributed by atoms with Gasteiger partial charge in [-0.15, -0.1) is 0 Å². The summed E-state index contributed by atoms with van der Waals surface area (Å²) < 4.78 is 0. The first kappa shape index (κ1) is 11.9. The SMILES string of the molecule is O=C(O)N1c2cc(CO)ccc2Sc2nccnc21. The lowest BCUT2D eigenvalue weighted by Crippen LogP contribution is -2.28. The lowest BCUT2D eigenvalue weighted by atomic mass is 10.2. The number of carbonyl (C=O) groups is 1. The van der Waals surface area contributed by atoms with E-state index in [1.165, 1.54) is 24.2 Å². The molecule has 2 heterocycles. The van der Waals surface area contributed by atoms with E-state index in [1.807, 2.05) is 0 Å². The summed E-state index contributed by atoms with van der Waals surface area (Å²) in [5.74, 6) is 0.294. The maximum absolute atomic E-state index is 11.5. The van der Waals surface area contributed by atoms with Gasteiger partial charge < -0.3 is 10.2 Å². The van der Waals surface area contributed by atoms with Crippen molar-refractivity contribution in [3.05, 3.63) is 36.2 Å². The van der Waals surface area contributed by atoms with Gasteiger partial charge in [0, 0.05) is 17.3 Å². The van der Waals surface area contributed by atoms with E-state index in [0.29, 0.717) is 22.1 Å². The van der Waals surface area contributed by atoms with Crippen molar-refractivity contribution in [1.82, 2.24) is 9.97 Å². The van der Waals surface area contributed by atoms with Crippen LogP contribution < -0.4 is 4.90 Å². The van der Waals surface area contributed by atoms with Crippen molar-refractivity contribution in [1.29, 1.82) is 0 Å². The van der Waals surface area contributed by atoms with E-state index in [-0.39, 0.29) is 6.61 Å². The third kappa shape index (κ3) is 1.92. The van der Waals surface area contributed by atoms with E-state index in [4.69, 9.17) is 5.11 Å². The minimum Gasteiger partial charge on any atom is -0.464 e. The monoisotopic (exact) mass is 275 g/mol. The molecule has 7 heteroatoms. The zero-order valence-electron chi connectivity index (χ0n) is 9.65. The molecule has 0 atom stereocenters. The van der Waals surface area contributed by atoms with Gasteiger partial charge in [0.15, 0.2) is 5.82 Å². The van der Waals surface area contributed by atoms with E-state index >= 15 is 0 Å². The zero-order valence-corrected chi connectivity index (χ0v) is 10.5. The number of nitrogens with zero attached hydrogens (tertiary/aromatic N) is 3. The first-order valence-corrected chi connectivity index (χ1v) is 6.28. The van der Waals surface area contributed by atoms with Gasteiger partial charge >= 0.3 is 6.09 Å². The van der Waals surface area contributed by atoms with Crippen LogP contribution in [0.15, 0.2) is 40.5 Å². The van der Waals surface area contributed by atoms with E-state index in [1.54, 1.807) is 18.2 Å². The van der Waals surface area contributed by atoms with E-state index < -0.39 is 6.09 Å². The second kappa shape index (κ2) is 4.52. The first-order valence-electron chi connectivity index (χ1n) is 5.46. The lowest BCUT2D eigenvalue weighted by Gasteiger charge is -2.27. The predicted molar refractivity (Wildman–Crippen MR) is 68.7 cm³/mol. The van der Waals surface area contributed by atoms with Gasteiger partial charge in [-0.25, -0.2) is 19.7 Å². The van der Waals surface area contributed by atoms with E-state index in [9.17, 15) is 9.90 Å². The predicted octanol–water partition coefficient (Wildman–Crippen LogP) is 2.25. The molecule has 0 radical (unpaired) electrons. The maximum atomic E-state index is 11.5. The molecule has 96 valence electrons. The second-order valence-electron chi connectivity index (χ2n) is 3.87. The van der Waals surface area contributed by atoms with Crippen molar-refractivity contribution < 1.29 is 15.0 Å². The average Bonchev–Trinajstić information content (AvgIpc) is 2.43. The summed E-state index contributed by atoms with van der Waals surface area (Å²) >= 11 is 1.36. The summed E-state index contributed by atoms with van der Waals surface area (Å²) in [6.45, 7) is -0.140. The molecule has 6 nitrogen and oxygen atoms in total. The Hall–Kier alpha value is -2.12. The van der Waals surface area contributed by atoms with Crippen LogP contribution in [-0.2, 0) is 6.61 Å². The highest BCUT2D eigenvalue weighted by Gasteiger charge is 2.30. The molecule has 1 aliphatic rings. The molecule has 1 aliphatic heterocycles. The number of hydrogen-bond donors (Lipinski definition) is 2. The highest BCUT2D eigenvalue weighted by atomic mass is 32.2. The van der Waals surface area contributed by atoms with Gasteiger partial charge in [0.25, 0.3) is 0 Å². The molecule has 0 bridgehead atoms. The van der Waals surface area contributed by atoms with Gasteiger partial charge in [0.1, 0.15) is 5.03 Å². The Morgan fingerprint density at radius 1 is 1.32 bits per heavy atom. The highest BCUT2D eigenvalue weighted by Crippen LogP contribution is 2.46. The van der Waals surface area contributed by atoms with Crippen molar-refractivity contribution in [2.75, 3.05) is 4.90 Å². The fourth-order valence-corrected chi connectivity index (χ4v) is 2.83. The van der Waals surface area contributed by atoms with Crippen molar-refractivity contribution in [3.63, 3.8) is 0 Å². The number of amides is 1. The summed E-state index contributed by atoms with van der Waals surface area (Å²) in [6, 6.07) is 5.18. The topological polar surface area (TPSA) is 86.5 Å². The van der Waals surface area contributed by atoms with Crippen LogP contribution in [0.1, 0.15) is 5.56 Å². The van der Waals surface area contributed by atoms with Gasteiger partial charge in [-0.1, -0.05) is 17.8 Å². The number of fused-ring (bicyclic) bond motifs is 2. The number of carboxylic acid groups (broad SMARTS) is 1. The van der Waals surface area contributed by atoms with Crippen molar-refractivity contribution in [2.24, 2.45) is 0 Å². The summed E-state index contributed by atoms with van der Waals surface area (Å²) in [5, 5.41) is 19.1. The zero-order chi connectivity index (χ0) is 13.4. The summed E-state index contributed by atoms with van der Waals surface area (Å²) in [6.07, 6.45) is 1.85. The molecule has 2 aromatic rings. The van der Waals surface area contributed by atoms with Gasteiger partial charge in [-0.3, -0.25) is 0 Å². The van der Waals surface area contributed by atoms with Crippen LogP contribution in [0.25, 0.3) is 0 Å². The molecule has 1 aromatic heterocycles. The highest BCUT2D eigenvalue weighted by molar-refractivity contribution is 7.99. The molecule has 0 saturated carbocycles. The molecular formula is C12H9N3O3S. The number of aliphatic hydroxyl groups excluding tert-OH is 1. The number of aromatic nitrogens is 2. The summed E-state index contributed by atoms with van der Waals surface area (Å²) in [5.41, 5.74) is 1.15. The van der Waals surface area contributed by atoms with Gasteiger partial charge in [0.05, 0.1) is 12.3 Å². The van der Waals surface area contributed by atoms with E-state index in [2.05, 4.69) is 9.97 Å². The number of benzene rings is 1. The first-order chi connectivity index (χ1) is 9.20. The Bertz CT molecular complexity index is 662. The quantitative estimate of drug-likeness (QED) is 0.830. The number of aliphatic hydroxyl groups is 1. The van der Waals surface area contributed by atoms with Gasteiger partial charge in [-0.2, -0.15) is 0 Å². The van der Waals surface area contributed by atoms with Crippen LogP contribution in [0, 0.1) is 0 Å². The summed E-state index contributed by atoms with van der Waals surface area (Å²) in [7, 11) is 0. The molecule has 0 aliphatic carbocycles. The standard InChI is InChI=1S/C12H9N3O3S/c16-6-7-1-2-9-8(5-7)15(12(17)18)10-11(19-9)14-4-3-13-10/h1-5,16H,6H2,(H,17,18). The van der Waals surface area contributed by atoms with Crippen molar-refractivity contribution in [2.45, 2.75) is 16.5 Å². The van der Waals surface area contributed by atoms with Crippen LogP contribution in [0.2, 0.25) is 0 Å². The Balaban J connectivity index is 2.21. The third-order valence-electron chi connectivity index (χ3n) is 2.70. The molecule has 2 N–H and O–H groups in total. The lowest BCUT2D eigenvalue weighted by molar-refractivity contribution is 0.204. The van der Waals surface area contributed by atoms with Crippen LogP contribution in [0.4, 0.5) is 16.3 Å². The molecule has 0 unspecified atom stereocenters. The average molecular weight is 275 g/mol. The van der Waals surface area contributed by atoms with Crippen molar-refractivity contribution >= 4 is 29.4 Å². The largest absolute Gasteiger partial charge is 0.464 e. The Kier molecular flexibility index (Phi) is 2.84. The Morgan fingerprint density at radius 2 is 2.11 bits per heavy atom. The van der Waals surface area contributed by atoms with Gasteiger partial charge in [-0.05, 0) is 17.7 Å². The Labute approximate surface area is 112 Å². The van der Waals surface area contributed by atoms with Crippen LogP contribution in [-0.4, -0.2) is 26.3 Å². The smallest absolute Gasteiger partial charge is 0.417 e. The third-order valence-corrected chi connectivity index (χ3v) is 3.75. The van der Waals surface area contributed by atoms with Crippen LogP contribution in [0.3, 0.4) is 0 Å². The second-order valence-corrected chi connectivity index (χ2v) is 4.90.